The highest BCUT2D eigenvalue weighted by molar-refractivity contribution is 5.47. The average Bonchev–Trinajstić information content (AvgIpc) is 2.89. The summed E-state index contributed by atoms with van der Waals surface area (Å²) in [5.41, 5.74) is 2.10. The van der Waals surface area contributed by atoms with Gasteiger partial charge in [-0.25, -0.2) is 4.39 Å². The maximum atomic E-state index is 13.2. The monoisotopic (exact) mass is 209 g/mol. The van der Waals surface area contributed by atoms with E-state index in [1.54, 1.807) is 0 Å². The van der Waals surface area contributed by atoms with Crippen molar-refractivity contribution in [2.45, 2.75) is 12.1 Å². The maximum Gasteiger partial charge on any atom is 0.113 e. The molecule has 2 rings (SSSR count). The molecule has 1 aromatic rings. The number of anilines is 1. The van der Waals surface area contributed by atoms with Crippen molar-refractivity contribution in [2.24, 2.45) is 5.92 Å². The number of alkyl halides is 1. The molecule has 0 heterocycles. The maximum absolute atomic E-state index is 13.2. The summed E-state index contributed by atoms with van der Waals surface area (Å²) in [4.78, 5) is 2.01. The molecule has 0 aromatic heterocycles. The van der Waals surface area contributed by atoms with Crippen LogP contribution in [0.15, 0.2) is 24.3 Å². The first-order valence-electron chi connectivity index (χ1n) is 5.17. The molecule has 1 N–H and O–H groups in total. The number of nitrogens with zero attached hydrogens (tertiary/aromatic N) is 1. The van der Waals surface area contributed by atoms with E-state index >= 15 is 0 Å². The Morgan fingerprint density at radius 2 is 1.87 bits per heavy atom. The van der Waals surface area contributed by atoms with Gasteiger partial charge in [0.2, 0.25) is 0 Å². The second-order valence-electron chi connectivity index (χ2n) is 4.30. The van der Waals surface area contributed by atoms with E-state index in [1.807, 2.05) is 43.3 Å². The predicted octanol–water partition coefficient (Wildman–Crippen LogP) is 1.80. The molecule has 82 valence electrons. The lowest BCUT2D eigenvalue weighted by Crippen LogP contribution is -2.08. The Morgan fingerprint density at radius 3 is 2.27 bits per heavy atom. The van der Waals surface area contributed by atoms with E-state index in [0.717, 1.165) is 11.3 Å². The predicted molar refractivity (Wildman–Crippen MR) is 59.0 cm³/mol. The summed E-state index contributed by atoms with van der Waals surface area (Å²) in [6, 6.07) is 7.86. The summed E-state index contributed by atoms with van der Waals surface area (Å²) in [6.45, 7) is -0.0543. The molecule has 0 spiro atoms. The Balaban J connectivity index is 2.12. The summed E-state index contributed by atoms with van der Waals surface area (Å²) in [7, 11) is 3.95. The van der Waals surface area contributed by atoms with E-state index in [1.165, 1.54) is 0 Å². The summed E-state index contributed by atoms with van der Waals surface area (Å²) < 4.78 is 13.2. The summed E-state index contributed by atoms with van der Waals surface area (Å²) >= 11 is 0. The minimum absolute atomic E-state index is 0.0543. The fraction of sp³-hybridized carbons (Fsp3) is 0.500. The van der Waals surface area contributed by atoms with Gasteiger partial charge in [0.25, 0.3) is 0 Å². The highest BCUT2D eigenvalue weighted by atomic mass is 19.1. The van der Waals surface area contributed by atoms with Gasteiger partial charge in [-0.3, -0.25) is 0 Å². The van der Waals surface area contributed by atoms with Crippen LogP contribution in [0, 0.1) is 5.92 Å². The van der Waals surface area contributed by atoms with Crippen LogP contribution in [0.2, 0.25) is 0 Å². The van der Waals surface area contributed by atoms with Gasteiger partial charge in [-0.1, -0.05) is 12.1 Å². The zero-order valence-electron chi connectivity index (χ0n) is 9.02. The lowest BCUT2D eigenvalue weighted by atomic mass is 10.1. The van der Waals surface area contributed by atoms with Crippen molar-refractivity contribution in [3.05, 3.63) is 29.8 Å². The largest absolute Gasteiger partial charge is 0.396 e. The molecule has 1 aliphatic rings. The number of halogens is 1. The Kier molecular flexibility index (Phi) is 2.65. The molecular weight excluding hydrogens is 193 g/mol. The van der Waals surface area contributed by atoms with Crippen LogP contribution >= 0.6 is 0 Å². The third kappa shape index (κ3) is 1.84. The van der Waals surface area contributed by atoms with Crippen molar-refractivity contribution in [1.82, 2.24) is 0 Å². The average molecular weight is 209 g/mol. The fourth-order valence-electron chi connectivity index (χ4n) is 1.97. The van der Waals surface area contributed by atoms with E-state index in [0.29, 0.717) is 0 Å². The molecule has 2 nitrogen and oxygen atoms in total. The van der Waals surface area contributed by atoms with E-state index in [-0.39, 0.29) is 18.4 Å². The van der Waals surface area contributed by atoms with Gasteiger partial charge in [-0.05, 0) is 17.7 Å². The lowest BCUT2D eigenvalue weighted by Gasteiger charge is -2.12. The summed E-state index contributed by atoms with van der Waals surface area (Å²) in [5, 5.41) is 8.90. The highest BCUT2D eigenvalue weighted by Crippen LogP contribution is 2.49. The smallest absolute Gasteiger partial charge is 0.113 e. The molecule has 0 radical (unpaired) electrons. The first-order valence-corrected chi connectivity index (χ1v) is 5.17. The van der Waals surface area contributed by atoms with Crippen molar-refractivity contribution in [2.75, 3.05) is 25.6 Å². The van der Waals surface area contributed by atoms with Gasteiger partial charge in [-0.2, -0.15) is 0 Å². The second-order valence-corrected chi connectivity index (χ2v) is 4.30. The fourth-order valence-corrected chi connectivity index (χ4v) is 1.97. The van der Waals surface area contributed by atoms with Crippen LogP contribution in [0.5, 0.6) is 0 Å². The Morgan fingerprint density at radius 1 is 1.27 bits per heavy atom. The molecule has 15 heavy (non-hydrogen) atoms. The van der Waals surface area contributed by atoms with E-state index < -0.39 is 6.17 Å². The Hall–Kier alpha value is -1.09. The molecule has 0 unspecified atom stereocenters. The zero-order chi connectivity index (χ0) is 11.0. The normalized spacial score (nSPS) is 28.9. The zero-order valence-corrected chi connectivity index (χ0v) is 9.02. The topological polar surface area (TPSA) is 23.5 Å². The molecule has 0 bridgehead atoms. The third-order valence-electron chi connectivity index (χ3n) is 3.08. The minimum Gasteiger partial charge on any atom is -0.396 e. The second kappa shape index (κ2) is 3.81. The van der Waals surface area contributed by atoms with E-state index in [9.17, 15) is 4.39 Å². The van der Waals surface area contributed by atoms with Gasteiger partial charge in [0, 0.05) is 38.2 Å². The molecule has 1 aromatic carbocycles. The number of hydrogen-bond donors (Lipinski definition) is 1. The van der Waals surface area contributed by atoms with Crippen molar-refractivity contribution in [3.8, 4) is 0 Å². The van der Waals surface area contributed by atoms with E-state index in [4.69, 9.17) is 5.11 Å². The number of hydrogen-bond acceptors (Lipinski definition) is 2. The number of aliphatic hydroxyl groups is 1. The first-order chi connectivity index (χ1) is 7.15. The first kappa shape index (κ1) is 10.4. The van der Waals surface area contributed by atoms with E-state index in [2.05, 4.69) is 0 Å². The Bertz CT molecular complexity index is 336. The molecule has 0 amide bonds. The molecule has 0 aliphatic heterocycles. The SMILES string of the molecule is CN(C)c1ccc([C@H]2[C@@H](F)[C@@H]2CO)cc1. The van der Waals surface area contributed by atoms with Gasteiger partial charge >= 0.3 is 0 Å². The molecule has 1 aliphatic carbocycles. The van der Waals surface area contributed by atoms with Crippen LogP contribution in [0.25, 0.3) is 0 Å². The van der Waals surface area contributed by atoms with Crippen LogP contribution < -0.4 is 4.90 Å². The van der Waals surface area contributed by atoms with Crippen molar-refractivity contribution in [1.29, 1.82) is 0 Å². The number of benzene rings is 1. The molecular formula is C12H16FNO. The van der Waals surface area contributed by atoms with Crippen LogP contribution in [-0.4, -0.2) is 32.0 Å². The van der Waals surface area contributed by atoms with Gasteiger partial charge in [0.05, 0.1) is 0 Å². The quantitative estimate of drug-likeness (QED) is 0.820. The molecule has 1 fully saturated rings. The van der Waals surface area contributed by atoms with Gasteiger partial charge in [0.15, 0.2) is 0 Å². The van der Waals surface area contributed by atoms with Crippen LogP contribution in [-0.2, 0) is 0 Å². The Labute approximate surface area is 89.3 Å². The van der Waals surface area contributed by atoms with Crippen LogP contribution in [0.3, 0.4) is 0 Å². The minimum atomic E-state index is -0.861. The number of aliphatic hydroxyl groups excluding tert-OH is 1. The molecule has 3 heteroatoms. The number of rotatable bonds is 3. The molecule has 1 saturated carbocycles. The lowest BCUT2D eigenvalue weighted by molar-refractivity contribution is 0.257. The standard InChI is InChI=1S/C12H16FNO/c1-14(2)9-5-3-8(4-6-9)11-10(7-15)12(11)13/h3-6,10-12,15H,7H2,1-2H3/t10-,11-,12+/m1/s1. The molecule has 3 atom stereocenters. The third-order valence-corrected chi connectivity index (χ3v) is 3.08. The van der Waals surface area contributed by atoms with Crippen molar-refractivity contribution < 1.29 is 9.50 Å². The summed E-state index contributed by atoms with van der Waals surface area (Å²) in [5.74, 6) is -0.276. The summed E-state index contributed by atoms with van der Waals surface area (Å²) in [6.07, 6.45) is -0.861. The van der Waals surface area contributed by atoms with Gasteiger partial charge < -0.3 is 10.0 Å². The highest BCUT2D eigenvalue weighted by Gasteiger charge is 2.51. The van der Waals surface area contributed by atoms with Gasteiger partial charge in [-0.15, -0.1) is 0 Å². The van der Waals surface area contributed by atoms with Crippen LogP contribution in [0.1, 0.15) is 11.5 Å². The van der Waals surface area contributed by atoms with Crippen molar-refractivity contribution >= 4 is 5.69 Å². The van der Waals surface area contributed by atoms with Crippen molar-refractivity contribution in [3.63, 3.8) is 0 Å². The van der Waals surface area contributed by atoms with Gasteiger partial charge in [0.1, 0.15) is 6.17 Å². The molecule has 0 saturated heterocycles. The van der Waals surface area contributed by atoms with Crippen LogP contribution in [0.4, 0.5) is 10.1 Å².